The van der Waals surface area contributed by atoms with Gasteiger partial charge in [0.15, 0.2) is 0 Å². The van der Waals surface area contributed by atoms with Crippen molar-refractivity contribution < 1.29 is 14.3 Å². The molecule has 0 spiro atoms. The van der Waals surface area contributed by atoms with Crippen molar-refractivity contribution in [2.24, 2.45) is 0 Å². The summed E-state index contributed by atoms with van der Waals surface area (Å²) < 4.78 is 5.17. The minimum Gasteiger partial charge on any atom is -0.495 e. The topological polar surface area (TPSA) is 82.7 Å². The van der Waals surface area contributed by atoms with Crippen molar-refractivity contribution in [3.05, 3.63) is 24.3 Å². The molecule has 0 saturated carbocycles. The van der Waals surface area contributed by atoms with Crippen LogP contribution in [0.5, 0.6) is 5.75 Å². The largest absolute Gasteiger partial charge is 0.495 e. The number of ether oxygens (including phenoxy) is 1. The number of nitrogens with one attached hydrogen (secondary N) is 3. The molecule has 1 aromatic rings. The van der Waals surface area contributed by atoms with Crippen molar-refractivity contribution in [3.8, 4) is 5.75 Å². The summed E-state index contributed by atoms with van der Waals surface area (Å²) in [6, 6.07) is 7.54. The lowest BCUT2D eigenvalue weighted by molar-refractivity contribution is -0.128. The van der Waals surface area contributed by atoms with Crippen LogP contribution in [-0.2, 0) is 9.59 Å². The summed E-state index contributed by atoms with van der Waals surface area (Å²) in [5.74, 6) is 0.0474. The normalized spacial score (nSPS) is 10.5. The Balaban J connectivity index is 2.33. The maximum Gasteiger partial charge on any atom is 0.257 e. The Morgan fingerprint density at radius 3 is 2.45 bits per heavy atom. The number of methoxy groups -OCH3 is 1. The Morgan fingerprint density at radius 2 is 1.82 bits per heavy atom. The van der Waals surface area contributed by atoms with Gasteiger partial charge in [-0.05, 0) is 33.0 Å². The zero-order valence-corrected chi connectivity index (χ0v) is 13.5. The van der Waals surface area contributed by atoms with Gasteiger partial charge >= 0.3 is 0 Å². The molecular weight excluding hydrogens is 284 g/mol. The van der Waals surface area contributed by atoms with Crippen LogP contribution >= 0.6 is 0 Å². The van der Waals surface area contributed by atoms with Gasteiger partial charge in [-0.2, -0.15) is 0 Å². The predicted octanol–water partition coefficient (Wildman–Crippen LogP) is 0.595. The van der Waals surface area contributed by atoms with Crippen LogP contribution in [-0.4, -0.2) is 50.0 Å². The second kappa shape index (κ2) is 8.89. The number of carbonyl (C=O) groups is 2. The van der Waals surface area contributed by atoms with Crippen LogP contribution in [0.3, 0.4) is 0 Å². The molecule has 3 N–H and O–H groups in total. The van der Waals surface area contributed by atoms with E-state index < -0.39 is 0 Å². The molecule has 7 heteroatoms. The van der Waals surface area contributed by atoms with Crippen molar-refractivity contribution in [3.63, 3.8) is 0 Å². The molecule has 0 bridgehead atoms. The number of carbonyl (C=O) groups excluding carboxylic acids is 2. The molecule has 2 amide bonds. The van der Waals surface area contributed by atoms with Crippen molar-refractivity contribution in [2.75, 3.05) is 32.6 Å². The molecule has 1 rings (SSSR count). The van der Waals surface area contributed by atoms with E-state index in [0.29, 0.717) is 11.4 Å². The van der Waals surface area contributed by atoms with E-state index >= 15 is 0 Å². The van der Waals surface area contributed by atoms with Crippen molar-refractivity contribution in [2.45, 2.75) is 19.9 Å². The van der Waals surface area contributed by atoms with Crippen molar-refractivity contribution in [1.29, 1.82) is 0 Å². The summed E-state index contributed by atoms with van der Waals surface area (Å²) in [6.07, 6.45) is 0. The number of benzene rings is 1. The van der Waals surface area contributed by atoms with Crippen LogP contribution in [0, 0.1) is 0 Å². The first-order valence-corrected chi connectivity index (χ1v) is 7.08. The zero-order valence-electron chi connectivity index (χ0n) is 13.5. The summed E-state index contributed by atoms with van der Waals surface area (Å²) in [5.41, 5.74) is 5.46. The number of rotatable bonds is 7. The number of likely N-dealkylation sites (N-methyl/N-ethyl adjacent to an activating group) is 1. The zero-order chi connectivity index (χ0) is 16.5. The number of nitrogens with zero attached hydrogens (tertiary/aromatic N) is 1. The summed E-state index contributed by atoms with van der Waals surface area (Å²) in [4.78, 5) is 25.2. The molecular formula is C15H24N4O3. The molecule has 0 unspecified atom stereocenters. The summed E-state index contributed by atoms with van der Waals surface area (Å²) >= 11 is 0. The van der Waals surface area contributed by atoms with Gasteiger partial charge in [-0.25, -0.2) is 0 Å². The van der Waals surface area contributed by atoms with Gasteiger partial charge in [-0.15, -0.1) is 0 Å². The molecule has 0 atom stereocenters. The average Bonchev–Trinajstić information content (AvgIpc) is 2.50. The van der Waals surface area contributed by atoms with E-state index in [1.165, 1.54) is 0 Å². The van der Waals surface area contributed by atoms with Crippen LogP contribution in [0.25, 0.3) is 0 Å². The Bertz CT molecular complexity index is 505. The van der Waals surface area contributed by atoms with E-state index in [2.05, 4.69) is 16.2 Å². The number of para-hydroxylation sites is 2. The highest BCUT2D eigenvalue weighted by atomic mass is 16.5. The summed E-state index contributed by atoms with van der Waals surface area (Å²) in [7, 11) is 3.40. The Kier molecular flexibility index (Phi) is 7.18. The standard InChI is InChI=1S/C15H24N4O3/c1-11(2)19(3)10-15(21)18-17-14(20)9-16-12-7-5-6-8-13(12)22-4/h5-8,11,16H,9-10H2,1-4H3,(H,17,20)(H,18,21). The van der Waals surface area contributed by atoms with Gasteiger partial charge in [0.2, 0.25) is 0 Å². The maximum atomic E-state index is 11.7. The second-order valence-corrected chi connectivity index (χ2v) is 5.16. The van der Waals surface area contributed by atoms with E-state index in [-0.39, 0.29) is 30.9 Å². The van der Waals surface area contributed by atoms with Gasteiger partial charge in [0, 0.05) is 6.04 Å². The highest BCUT2D eigenvalue weighted by Gasteiger charge is 2.10. The fourth-order valence-corrected chi connectivity index (χ4v) is 1.60. The SMILES string of the molecule is COc1ccccc1NCC(=O)NNC(=O)CN(C)C(C)C. The molecule has 1 aromatic carbocycles. The molecule has 22 heavy (non-hydrogen) atoms. The van der Waals surface area contributed by atoms with Gasteiger partial charge in [-0.3, -0.25) is 25.3 Å². The monoisotopic (exact) mass is 308 g/mol. The second-order valence-electron chi connectivity index (χ2n) is 5.16. The van der Waals surface area contributed by atoms with Gasteiger partial charge in [-0.1, -0.05) is 12.1 Å². The lowest BCUT2D eigenvalue weighted by atomic mass is 10.3. The third-order valence-electron chi connectivity index (χ3n) is 3.16. The Hall–Kier alpha value is -2.28. The third kappa shape index (κ3) is 6.01. The molecule has 0 aromatic heterocycles. The number of hydrazine groups is 1. The van der Waals surface area contributed by atoms with Crippen LogP contribution in [0.1, 0.15) is 13.8 Å². The van der Waals surface area contributed by atoms with Gasteiger partial charge in [0.25, 0.3) is 11.8 Å². The van der Waals surface area contributed by atoms with Gasteiger partial charge in [0.1, 0.15) is 5.75 Å². The minimum atomic E-state index is -0.341. The molecule has 122 valence electrons. The summed E-state index contributed by atoms with van der Waals surface area (Å²) in [5, 5.41) is 2.95. The van der Waals surface area contributed by atoms with Crippen LogP contribution in [0.2, 0.25) is 0 Å². The van der Waals surface area contributed by atoms with Crippen LogP contribution < -0.4 is 20.9 Å². The molecule has 0 radical (unpaired) electrons. The number of amides is 2. The Labute approximate surface area is 131 Å². The number of anilines is 1. The first kappa shape index (κ1) is 17.8. The first-order valence-electron chi connectivity index (χ1n) is 7.08. The quantitative estimate of drug-likeness (QED) is 0.642. The van der Waals surface area contributed by atoms with E-state index in [1.54, 1.807) is 13.2 Å². The fraction of sp³-hybridized carbons (Fsp3) is 0.467. The number of hydrogen-bond acceptors (Lipinski definition) is 5. The average molecular weight is 308 g/mol. The molecule has 0 saturated heterocycles. The lowest BCUT2D eigenvalue weighted by Crippen LogP contribution is -2.48. The van der Waals surface area contributed by atoms with E-state index in [9.17, 15) is 9.59 Å². The van der Waals surface area contributed by atoms with E-state index in [4.69, 9.17) is 4.74 Å². The molecule has 0 heterocycles. The smallest absolute Gasteiger partial charge is 0.257 e. The molecule has 0 aliphatic rings. The molecule has 0 fully saturated rings. The van der Waals surface area contributed by atoms with Crippen molar-refractivity contribution in [1.82, 2.24) is 15.8 Å². The Morgan fingerprint density at radius 1 is 1.18 bits per heavy atom. The molecule has 0 aliphatic heterocycles. The predicted molar refractivity (Wildman–Crippen MR) is 85.5 cm³/mol. The number of hydrogen-bond donors (Lipinski definition) is 3. The fourth-order valence-electron chi connectivity index (χ4n) is 1.60. The van der Waals surface area contributed by atoms with Crippen molar-refractivity contribution >= 4 is 17.5 Å². The van der Waals surface area contributed by atoms with E-state index in [1.807, 2.05) is 44.0 Å². The first-order chi connectivity index (χ1) is 10.4. The van der Waals surface area contributed by atoms with Gasteiger partial charge < -0.3 is 10.1 Å². The lowest BCUT2D eigenvalue weighted by Gasteiger charge is -2.20. The van der Waals surface area contributed by atoms with Gasteiger partial charge in [0.05, 0.1) is 25.9 Å². The highest BCUT2D eigenvalue weighted by molar-refractivity contribution is 5.85. The molecule has 0 aliphatic carbocycles. The third-order valence-corrected chi connectivity index (χ3v) is 3.16. The van der Waals surface area contributed by atoms with Crippen LogP contribution in [0.4, 0.5) is 5.69 Å². The molecule has 7 nitrogen and oxygen atoms in total. The highest BCUT2D eigenvalue weighted by Crippen LogP contribution is 2.22. The van der Waals surface area contributed by atoms with E-state index in [0.717, 1.165) is 0 Å². The van der Waals surface area contributed by atoms with Crippen LogP contribution in [0.15, 0.2) is 24.3 Å². The summed E-state index contributed by atoms with van der Waals surface area (Å²) in [6.45, 7) is 4.23. The minimum absolute atomic E-state index is 0.0284. The maximum absolute atomic E-state index is 11.7.